The van der Waals surface area contributed by atoms with Crippen LogP contribution in [0.15, 0.2) is 58.1 Å². The van der Waals surface area contributed by atoms with Crippen LogP contribution < -0.4 is 0 Å². The lowest BCUT2D eigenvalue weighted by Gasteiger charge is -2.26. The molecule has 10 heteroatoms. The van der Waals surface area contributed by atoms with Crippen LogP contribution in [0.25, 0.3) is 0 Å². The third-order valence-corrected chi connectivity index (χ3v) is 5.82. The van der Waals surface area contributed by atoms with E-state index >= 15 is 0 Å². The number of thiazole rings is 1. The fourth-order valence-electron chi connectivity index (χ4n) is 2.42. The molecule has 0 amide bonds. The molecule has 27 heavy (non-hydrogen) atoms. The molecule has 2 aromatic rings. The number of carbonyl (C=O) groups is 1. The van der Waals surface area contributed by atoms with Gasteiger partial charge in [-0.2, -0.15) is 8.42 Å². The lowest BCUT2D eigenvalue weighted by Crippen LogP contribution is -2.39. The van der Waals surface area contributed by atoms with Gasteiger partial charge in [0.25, 0.3) is 0 Å². The van der Waals surface area contributed by atoms with Gasteiger partial charge in [-0.3, -0.25) is 4.79 Å². The van der Waals surface area contributed by atoms with Gasteiger partial charge in [-0.1, -0.05) is 30.3 Å². The zero-order chi connectivity index (χ0) is 19.3. The molecule has 0 unspecified atom stereocenters. The topological polar surface area (TPSA) is 109 Å². The van der Waals surface area contributed by atoms with Crippen LogP contribution in [0.3, 0.4) is 0 Å². The highest BCUT2D eigenvalue weighted by Gasteiger charge is 2.32. The Hall–Kier alpha value is -2.40. The van der Waals surface area contributed by atoms with Gasteiger partial charge in [-0.05, 0) is 11.6 Å². The Bertz CT molecular complexity index is 954. The molecule has 1 aromatic heterocycles. The number of hydrogen-bond acceptors (Lipinski definition) is 7. The number of allylic oxidation sites excluding steroid dienone is 1. The molecule has 1 aliphatic rings. The highest BCUT2D eigenvalue weighted by atomic mass is 32.2. The van der Waals surface area contributed by atoms with Gasteiger partial charge >= 0.3 is 10.2 Å². The molecule has 1 aromatic carbocycles. The number of ether oxygens (including phenoxy) is 1. The molecular weight excluding hydrogens is 390 g/mol. The van der Waals surface area contributed by atoms with Crippen LogP contribution in [0.5, 0.6) is 0 Å². The van der Waals surface area contributed by atoms with E-state index in [4.69, 9.17) is 4.74 Å². The summed E-state index contributed by atoms with van der Waals surface area (Å²) in [6.07, 6.45) is 2.84. The summed E-state index contributed by atoms with van der Waals surface area (Å²) in [5.41, 5.74) is 0.870. The molecule has 2 heterocycles. The highest BCUT2D eigenvalue weighted by molar-refractivity contribution is 7.88. The second-order valence-electron chi connectivity index (χ2n) is 5.51. The maximum absolute atomic E-state index is 12.6. The second kappa shape index (κ2) is 8.53. The largest absolute Gasteiger partial charge is 0.388 e. The number of rotatable bonds is 8. The molecule has 0 spiro atoms. The van der Waals surface area contributed by atoms with Crippen molar-refractivity contribution in [2.75, 3.05) is 19.8 Å². The lowest BCUT2D eigenvalue weighted by atomic mass is 10.2. The predicted molar refractivity (Wildman–Crippen MR) is 101 cm³/mol. The van der Waals surface area contributed by atoms with Gasteiger partial charge < -0.3 is 9.84 Å². The van der Waals surface area contributed by atoms with Crippen LogP contribution in [0.1, 0.15) is 10.6 Å². The maximum Gasteiger partial charge on any atom is 0.345 e. The van der Waals surface area contributed by atoms with Crippen molar-refractivity contribution in [1.29, 1.82) is 0 Å². The van der Waals surface area contributed by atoms with Crippen molar-refractivity contribution < 1.29 is 23.1 Å². The summed E-state index contributed by atoms with van der Waals surface area (Å²) in [7, 11) is -4.14. The van der Waals surface area contributed by atoms with E-state index < -0.39 is 22.6 Å². The first-order valence-corrected chi connectivity index (χ1v) is 10.3. The van der Waals surface area contributed by atoms with Crippen LogP contribution in [0.4, 0.5) is 0 Å². The van der Waals surface area contributed by atoms with E-state index in [0.717, 1.165) is 9.87 Å². The van der Waals surface area contributed by atoms with Gasteiger partial charge in [0.05, 0.1) is 19.8 Å². The lowest BCUT2D eigenvalue weighted by molar-refractivity contribution is -0.119. The van der Waals surface area contributed by atoms with Gasteiger partial charge in [0.1, 0.15) is 23.0 Å². The Kier molecular flexibility index (Phi) is 6.11. The predicted octanol–water partition coefficient (Wildman–Crippen LogP) is 1.15. The summed E-state index contributed by atoms with van der Waals surface area (Å²) in [5.74, 6) is -0.717. The van der Waals surface area contributed by atoms with Crippen LogP contribution >= 0.6 is 11.3 Å². The zero-order valence-electron chi connectivity index (χ0n) is 14.2. The number of hydrogen-bond donors (Lipinski definition) is 1. The zero-order valence-corrected chi connectivity index (χ0v) is 15.8. The Morgan fingerprint density at radius 1 is 1.26 bits per heavy atom. The van der Waals surface area contributed by atoms with Gasteiger partial charge in [-0.15, -0.1) is 15.7 Å². The van der Waals surface area contributed by atoms with Crippen LogP contribution in [-0.2, 0) is 26.3 Å². The van der Waals surface area contributed by atoms with Gasteiger partial charge in [0.15, 0.2) is 0 Å². The molecule has 0 fully saturated rings. The second-order valence-corrected chi connectivity index (χ2v) is 7.93. The summed E-state index contributed by atoms with van der Waals surface area (Å²) in [6.45, 7) is -0.531. The molecule has 0 bridgehead atoms. The molecule has 0 atom stereocenters. The first-order valence-electron chi connectivity index (χ1n) is 8.01. The minimum absolute atomic E-state index is 0.0618. The van der Waals surface area contributed by atoms with E-state index in [-0.39, 0.29) is 24.6 Å². The number of aromatic nitrogens is 1. The van der Waals surface area contributed by atoms with Crippen LogP contribution in [0, 0.1) is 0 Å². The molecular formula is C17H17N3O5S2. The molecule has 1 aliphatic heterocycles. The van der Waals surface area contributed by atoms with Crippen molar-refractivity contribution in [1.82, 2.24) is 9.29 Å². The van der Waals surface area contributed by atoms with Crippen molar-refractivity contribution in [2.45, 2.75) is 6.61 Å². The van der Waals surface area contributed by atoms with Gasteiger partial charge in [0.2, 0.25) is 5.78 Å². The van der Waals surface area contributed by atoms with E-state index in [1.165, 1.54) is 23.6 Å². The summed E-state index contributed by atoms with van der Waals surface area (Å²) in [6, 6.07) is 9.43. The van der Waals surface area contributed by atoms with Gasteiger partial charge in [0, 0.05) is 11.6 Å². The number of ketones is 1. The fourth-order valence-corrected chi connectivity index (χ4v) is 4.27. The number of aliphatic hydroxyl groups is 1. The fraction of sp³-hybridized carbons (Fsp3) is 0.235. The number of nitrogens with zero attached hydrogens (tertiary/aromatic N) is 3. The smallest absolute Gasteiger partial charge is 0.345 e. The monoisotopic (exact) mass is 407 g/mol. The first-order chi connectivity index (χ1) is 13.0. The summed E-state index contributed by atoms with van der Waals surface area (Å²) < 4.78 is 35.2. The Balaban J connectivity index is 1.75. The number of aliphatic hydroxyl groups excluding tert-OH is 1. The molecule has 8 nitrogen and oxygen atoms in total. The standard InChI is InChI=1S/C17H17N3O5S2/c21-11-16(22)15-10-14(17-18-6-9-26-17)19-27(23,24)20(15)7-8-25-12-13-4-2-1-3-5-13/h1-6,9-10,21H,7-8,11-12H2. The number of carbonyl (C=O) groups excluding carboxylic acids is 1. The van der Waals surface area contributed by atoms with E-state index in [1.807, 2.05) is 30.3 Å². The van der Waals surface area contributed by atoms with Crippen LogP contribution in [-0.4, -0.2) is 54.1 Å². The molecule has 0 saturated carbocycles. The van der Waals surface area contributed by atoms with E-state index in [9.17, 15) is 18.3 Å². The SMILES string of the molecule is O=C(CO)C1=CC(c2nccs2)=NS(=O)(=O)N1CCOCc1ccccc1. The van der Waals surface area contributed by atoms with Crippen molar-refractivity contribution in [3.63, 3.8) is 0 Å². The average Bonchev–Trinajstić information content (AvgIpc) is 3.20. The molecule has 0 saturated heterocycles. The number of benzene rings is 1. The summed E-state index contributed by atoms with van der Waals surface area (Å²) in [5, 5.41) is 11.3. The summed E-state index contributed by atoms with van der Waals surface area (Å²) >= 11 is 1.20. The van der Waals surface area contributed by atoms with Crippen molar-refractivity contribution in [2.24, 2.45) is 4.40 Å². The molecule has 0 aliphatic carbocycles. The maximum atomic E-state index is 12.6. The first kappa shape index (κ1) is 19.4. The molecule has 0 radical (unpaired) electrons. The molecule has 1 N–H and O–H groups in total. The molecule has 3 rings (SSSR count). The average molecular weight is 407 g/mol. The quantitative estimate of drug-likeness (QED) is 0.658. The highest BCUT2D eigenvalue weighted by Crippen LogP contribution is 2.22. The Labute approximate surface area is 160 Å². The van der Waals surface area contributed by atoms with Gasteiger partial charge in [-0.25, -0.2) is 9.29 Å². The van der Waals surface area contributed by atoms with E-state index in [1.54, 1.807) is 5.38 Å². The van der Waals surface area contributed by atoms with Crippen LogP contribution in [0.2, 0.25) is 0 Å². The summed E-state index contributed by atoms with van der Waals surface area (Å²) in [4.78, 5) is 16.1. The molecule has 142 valence electrons. The minimum Gasteiger partial charge on any atom is -0.388 e. The number of Topliss-reactive ketones (excluding diaryl/α,β-unsaturated/α-hetero) is 1. The van der Waals surface area contributed by atoms with Crippen molar-refractivity contribution in [3.05, 3.63) is 64.3 Å². The van der Waals surface area contributed by atoms with E-state index in [0.29, 0.717) is 11.6 Å². The third kappa shape index (κ3) is 4.66. The third-order valence-electron chi connectivity index (χ3n) is 3.67. The Morgan fingerprint density at radius 3 is 2.70 bits per heavy atom. The van der Waals surface area contributed by atoms with Crippen molar-refractivity contribution in [3.8, 4) is 0 Å². The normalized spacial score (nSPS) is 16.0. The van der Waals surface area contributed by atoms with Crippen molar-refractivity contribution >= 4 is 33.0 Å². The Morgan fingerprint density at radius 2 is 2.04 bits per heavy atom. The minimum atomic E-state index is -4.14. The van der Waals surface area contributed by atoms with E-state index in [2.05, 4.69) is 9.38 Å².